The smallest absolute Gasteiger partial charge is 0.0736 e. The summed E-state index contributed by atoms with van der Waals surface area (Å²) in [6, 6.07) is 12.8. The summed E-state index contributed by atoms with van der Waals surface area (Å²) in [5.74, 6) is 0. The highest BCUT2D eigenvalue weighted by Gasteiger charge is 2.46. The first-order valence-electron chi connectivity index (χ1n) is 8.54. The van der Waals surface area contributed by atoms with Gasteiger partial charge < -0.3 is 10.1 Å². The standard InChI is InChI=1S/C18H26N2O/c1-2-14-12-20(16-10-15-8-9-18(16)21-15)17(11-19-14)13-6-4-3-5-7-13/h3-7,14-19H,2,8-12H2,1H3. The van der Waals surface area contributed by atoms with E-state index in [9.17, 15) is 0 Å². The molecule has 2 bridgehead atoms. The molecule has 0 amide bonds. The molecule has 5 unspecified atom stereocenters. The van der Waals surface area contributed by atoms with Gasteiger partial charge >= 0.3 is 0 Å². The van der Waals surface area contributed by atoms with Gasteiger partial charge in [-0.05, 0) is 31.2 Å². The van der Waals surface area contributed by atoms with Crippen molar-refractivity contribution in [3.8, 4) is 0 Å². The van der Waals surface area contributed by atoms with E-state index in [1.807, 2.05) is 0 Å². The molecule has 1 aromatic carbocycles. The lowest BCUT2D eigenvalue weighted by molar-refractivity contribution is 0.0296. The van der Waals surface area contributed by atoms with E-state index in [2.05, 4.69) is 47.5 Å². The zero-order valence-corrected chi connectivity index (χ0v) is 12.9. The Morgan fingerprint density at radius 2 is 2.10 bits per heavy atom. The molecule has 3 heterocycles. The third-order valence-corrected chi connectivity index (χ3v) is 5.61. The molecule has 3 aliphatic rings. The number of ether oxygens (including phenoxy) is 1. The van der Waals surface area contributed by atoms with Crippen LogP contribution in [-0.2, 0) is 4.74 Å². The van der Waals surface area contributed by atoms with Gasteiger partial charge in [-0.3, -0.25) is 4.90 Å². The van der Waals surface area contributed by atoms with Crippen molar-refractivity contribution in [3.05, 3.63) is 35.9 Å². The van der Waals surface area contributed by atoms with E-state index in [1.54, 1.807) is 0 Å². The van der Waals surface area contributed by atoms with Crippen molar-refractivity contribution in [2.45, 2.75) is 62.9 Å². The maximum Gasteiger partial charge on any atom is 0.0736 e. The fourth-order valence-corrected chi connectivity index (χ4v) is 4.43. The number of fused-ring (bicyclic) bond motifs is 2. The van der Waals surface area contributed by atoms with Crippen molar-refractivity contribution in [1.29, 1.82) is 0 Å². The third kappa shape index (κ3) is 2.52. The van der Waals surface area contributed by atoms with Crippen LogP contribution in [0.5, 0.6) is 0 Å². The van der Waals surface area contributed by atoms with Crippen LogP contribution in [0.3, 0.4) is 0 Å². The summed E-state index contributed by atoms with van der Waals surface area (Å²) >= 11 is 0. The average Bonchev–Trinajstić information content (AvgIpc) is 3.18. The molecule has 1 aromatic rings. The van der Waals surface area contributed by atoms with Crippen LogP contribution in [0.2, 0.25) is 0 Å². The Bertz CT molecular complexity index is 477. The van der Waals surface area contributed by atoms with Gasteiger partial charge in [0.1, 0.15) is 0 Å². The molecule has 3 aliphatic heterocycles. The Kier molecular flexibility index (Phi) is 3.74. The number of nitrogens with zero attached hydrogens (tertiary/aromatic N) is 1. The second kappa shape index (κ2) is 5.71. The van der Waals surface area contributed by atoms with E-state index in [1.165, 1.54) is 31.2 Å². The first-order valence-corrected chi connectivity index (χ1v) is 8.54. The molecule has 114 valence electrons. The molecule has 3 fully saturated rings. The fraction of sp³-hybridized carbons (Fsp3) is 0.667. The summed E-state index contributed by atoms with van der Waals surface area (Å²) in [4.78, 5) is 2.75. The lowest BCUT2D eigenvalue weighted by atomic mass is 9.90. The predicted octanol–water partition coefficient (Wildman–Crippen LogP) is 2.73. The van der Waals surface area contributed by atoms with E-state index in [-0.39, 0.29) is 0 Å². The van der Waals surface area contributed by atoms with Gasteiger partial charge in [0.05, 0.1) is 12.2 Å². The van der Waals surface area contributed by atoms with Crippen LogP contribution in [0, 0.1) is 0 Å². The molecule has 0 saturated carbocycles. The first kappa shape index (κ1) is 13.7. The monoisotopic (exact) mass is 286 g/mol. The minimum Gasteiger partial charge on any atom is -0.373 e. The molecule has 3 nitrogen and oxygen atoms in total. The number of hydrogen-bond acceptors (Lipinski definition) is 3. The van der Waals surface area contributed by atoms with Gasteiger partial charge in [0.25, 0.3) is 0 Å². The SMILES string of the molecule is CCC1CN(C2CC3CCC2O3)C(c2ccccc2)CN1. The molecule has 3 saturated heterocycles. The van der Waals surface area contributed by atoms with Crippen molar-refractivity contribution in [2.24, 2.45) is 0 Å². The molecular formula is C18H26N2O. The van der Waals surface area contributed by atoms with E-state index < -0.39 is 0 Å². The summed E-state index contributed by atoms with van der Waals surface area (Å²) in [6.45, 7) is 4.51. The predicted molar refractivity (Wildman–Crippen MR) is 84.3 cm³/mol. The quantitative estimate of drug-likeness (QED) is 0.924. The Morgan fingerprint density at radius 3 is 2.76 bits per heavy atom. The lowest BCUT2D eigenvalue weighted by Crippen LogP contribution is -2.57. The van der Waals surface area contributed by atoms with Gasteiger partial charge in [-0.2, -0.15) is 0 Å². The van der Waals surface area contributed by atoms with Gasteiger partial charge in [-0.1, -0.05) is 37.3 Å². The van der Waals surface area contributed by atoms with Gasteiger partial charge in [0.2, 0.25) is 0 Å². The maximum atomic E-state index is 6.13. The van der Waals surface area contributed by atoms with Crippen LogP contribution in [0.4, 0.5) is 0 Å². The van der Waals surface area contributed by atoms with Crippen molar-refractivity contribution < 1.29 is 4.74 Å². The molecule has 1 N–H and O–H groups in total. The summed E-state index contributed by atoms with van der Waals surface area (Å²) < 4.78 is 6.13. The molecule has 0 aromatic heterocycles. The molecular weight excluding hydrogens is 260 g/mol. The van der Waals surface area contributed by atoms with Crippen molar-refractivity contribution in [1.82, 2.24) is 10.2 Å². The summed E-state index contributed by atoms with van der Waals surface area (Å²) in [5.41, 5.74) is 1.45. The summed E-state index contributed by atoms with van der Waals surface area (Å²) in [5, 5.41) is 3.73. The third-order valence-electron chi connectivity index (χ3n) is 5.61. The highest BCUT2D eigenvalue weighted by molar-refractivity contribution is 5.21. The van der Waals surface area contributed by atoms with Crippen molar-refractivity contribution in [2.75, 3.05) is 13.1 Å². The summed E-state index contributed by atoms with van der Waals surface area (Å²) in [7, 11) is 0. The topological polar surface area (TPSA) is 24.5 Å². The number of piperazine rings is 1. The zero-order chi connectivity index (χ0) is 14.2. The molecule has 0 radical (unpaired) electrons. The normalized spacial score (nSPS) is 39.8. The van der Waals surface area contributed by atoms with Gasteiger partial charge in [0.15, 0.2) is 0 Å². The van der Waals surface area contributed by atoms with Crippen LogP contribution < -0.4 is 5.32 Å². The van der Waals surface area contributed by atoms with Crippen molar-refractivity contribution >= 4 is 0 Å². The van der Waals surface area contributed by atoms with Crippen molar-refractivity contribution in [3.63, 3.8) is 0 Å². The van der Waals surface area contributed by atoms with E-state index in [4.69, 9.17) is 4.74 Å². The Morgan fingerprint density at radius 1 is 1.24 bits per heavy atom. The number of hydrogen-bond donors (Lipinski definition) is 1. The van der Waals surface area contributed by atoms with Crippen LogP contribution >= 0.6 is 0 Å². The number of benzene rings is 1. The van der Waals surface area contributed by atoms with E-state index >= 15 is 0 Å². The molecule has 0 aliphatic carbocycles. The minimum absolute atomic E-state index is 0.483. The molecule has 3 heteroatoms. The van der Waals surface area contributed by atoms with E-state index in [0.717, 1.165) is 13.1 Å². The second-order valence-electron chi connectivity index (χ2n) is 6.81. The molecule has 5 atom stereocenters. The van der Waals surface area contributed by atoms with Gasteiger partial charge in [0, 0.05) is 31.2 Å². The first-order chi connectivity index (χ1) is 10.3. The van der Waals surface area contributed by atoms with Gasteiger partial charge in [-0.25, -0.2) is 0 Å². The second-order valence-corrected chi connectivity index (χ2v) is 6.81. The largest absolute Gasteiger partial charge is 0.373 e. The van der Waals surface area contributed by atoms with Crippen LogP contribution in [-0.4, -0.2) is 42.3 Å². The maximum absolute atomic E-state index is 6.13. The van der Waals surface area contributed by atoms with E-state index in [0.29, 0.717) is 30.3 Å². The van der Waals surface area contributed by atoms with Crippen LogP contribution in [0.15, 0.2) is 30.3 Å². The summed E-state index contributed by atoms with van der Waals surface area (Å²) in [6.07, 6.45) is 6.01. The lowest BCUT2D eigenvalue weighted by Gasteiger charge is -2.45. The number of nitrogens with one attached hydrogen (secondary N) is 1. The van der Waals surface area contributed by atoms with Crippen LogP contribution in [0.1, 0.15) is 44.2 Å². The molecule has 21 heavy (non-hydrogen) atoms. The van der Waals surface area contributed by atoms with Gasteiger partial charge in [-0.15, -0.1) is 0 Å². The Hall–Kier alpha value is -0.900. The highest BCUT2D eigenvalue weighted by Crippen LogP contribution is 2.40. The molecule has 4 rings (SSSR count). The Balaban J connectivity index is 1.59. The Labute approximate surface area is 127 Å². The minimum atomic E-state index is 0.483. The fourth-order valence-electron chi connectivity index (χ4n) is 4.43. The highest BCUT2D eigenvalue weighted by atomic mass is 16.5. The average molecular weight is 286 g/mol. The zero-order valence-electron chi connectivity index (χ0n) is 12.9. The number of rotatable bonds is 3. The molecule has 0 spiro atoms. The van der Waals surface area contributed by atoms with Crippen LogP contribution in [0.25, 0.3) is 0 Å².